The highest BCUT2D eigenvalue weighted by molar-refractivity contribution is 7.99. The zero-order valence-electron chi connectivity index (χ0n) is 19.7. The van der Waals surface area contributed by atoms with Crippen LogP contribution in [0.25, 0.3) is 5.69 Å². The summed E-state index contributed by atoms with van der Waals surface area (Å²) < 4.78 is 7.10. The number of aryl methyl sites for hydroxylation is 1. The van der Waals surface area contributed by atoms with E-state index in [0.717, 1.165) is 11.4 Å². The van der Waals surface area contributed by atoms with E-state index in [1.165, 1.54) is 42.6 Å². The van der Waals surface area contributed by atoms with Crippen molar-refractivity contribution in [2.75, 3.05) is 23.5 Å². The molecule has 1 heterocycles. The number of benzene rings is 3. The number of carbonyl (C=O) groups excluding carboxylic acids is 1. The van der Waals surface area contributed by atoms with Gasteiger partial charge in [0, 0.05) is 17.4 Å². The monoisotopic (exact) mass is 504 g/mol. The highest BCUT2D eigenvalue weighted by Crippen LogP contribution is 2.29. The van der Waals surface area contributed by atoms with Crippen molar-refractivity contribution >= 4 is 34.7 Å². The van der Waals surface area contributed by atoms with Gasteiger partial charge < -0.3 is 15.4 Å². The molecular formula is C25H24N6O4S. The van der Waals surface area contributed by atoms with Gasteiger partial charge >= 0.3 is 0 Å². The van der Waals surface area contributed by atoms with Crippen LogP contribution in [-0.2, 0) is 11.3 Å². The first-order valence-corrected chi connectivity index (χ1v) is 12.0. The molecule has 184 valence electrons. The number of nitro groups is 1. The van der Waals surface area contributed by atoms with E-state index in [0.29, 0.717) is 23.2 Å². The number of nitrogens with one attached hydrogen (secondary N) is 2. The van der Waals surface area contributed by atoms with Crippen LogP contribution >= 0.6 is 11.8 Å². The van der Waals surface area contributed by atoms with Gasteiger partial charge in [-0.3, -0.25) is 19.5 Å². The SMILES string of the molecule is COc1cc([N+](=O)[O-])ccc1NC(=O)CSc1nnc(CNc2ccc(C)cc2)n1-c1ccccc1. The van der Waals surface area contributed by atoms with E-state index in [-0.39, 0.29) is 23.1 Å². The quantitative estimate of drug-likeness (QED) is 0.179. The molecule has 1 aromatic heterocycles. The largest absolute Gasteiger partial charge is 0.494 e. The van der Waals surface area contributed by atoms with Crippen molar-refractivity contribution in [1.82, 2.24) is 14.8 Å². The zero-order valence-corrected chi connectivity index (χ0v) is 20.5. The van der Waals surface area contributed by atoms with E-state index in [1.54, 1.807) is 0 Å². The van der Waals surface area contributed by atoms with Crippen molar-refractivity contribution in [3.05, 3.63) is 94.3 Å². The first-order chi connectivity index (χ1) is 17.4. The number of hydrogen-bond acceptors (Lipinski definition) is 8. The molecule has 36 heavy (non-hydrogen) atoms. The number of amides is 1. The van der Waals surface area contributed by atoms with Gasteiger partial charge in [0.1, 0.15) is 5.75 Å². The van der Waals surface area contributed by atoms with Crippen molar-refractivity contribution in [2.24, 2.45) is 0 Å². The summed E-state index contributed by atoms with van der Waals surface area (Å²) in [4.78, 5) is 23.1. The maximum atomic E-state index is 12.7. The summed E-state index contributed by atoms with van der Waals surface area (Å²) in [6.07, 6.45) is 0. The number of aromatic nitrogens is 3. The van der Waals surface area contributed by atoms with E-state index in [2.05, 4.69) is 20.8 Å². The number of nitro benzene ring substituents is 1. The Morgan fingerprint density at radius 3 is 2.53 bits per heavy atom. The third-order valence-electron chi connectivity index (χ3n) is 5.22. The molecule has 0 spiro atoms. The van der Waals surface area contributed by atoms with Crippen LogP contribution in [0.1, 0.15) is 11.4 Å². The molecule has 0 aliphatic carbocycles. The number of hydrogen-bond donors (Lipinski definition) is 2. The topological polar surface area (TPSA) is 124 Å². The van der Waals surface area contributed by atoms with Gasteiger partial charge in [-0.2, -0.15) is 0 Å². The standard InChI is InChI=1S/C25H24N6O4S/c1-17-8-10-18(11-9-17)26-15-23-28-29-25(30(23)19-6-4-3-5-7-19)36-16-24(32)27-21-13-12-20(31(33)34)14-22(21)35-2/h3-14,26H,15-16H2,1-2H3,(H,27,32). The Kier molecular flexibility index (Phi) is 7.81. The Bertz CT molecular complexity index is 1360. The van der Waals surface area contributed by atoms with Crippen LogP contribution in [0.15, 0.2) is 78.0 Å². The average Bonchev–Trinajstić information content (AvgIpc) is 3.30. The molecule has 4 aromatic rings. The lowest BCUT2D eigenvalue weighted by atomic mass is 10.2. The average molecular weight is 505 g/mol. The molecule has 0 bridgehead atoms. The van der Waals surface area contributed by atoms with Crippen LogP contribution < -0.4 is 15.4 Å². The first kappa shape index (κ1) is 24.7. The lowest BCUT2D eigenvalue weighted by Crippen LogP contribution is -2.15. The Morgan fingerprint density at radius 2 is 1.83 bits per heavy atom. The molecule has 0 atom stereocenters. The lowest BCUT2D eigenvalue weighted by Gasteiger charge is -2.12. The van der Waals surface area contributed by atoms with Gasteiger partial charge in [0.05, 0.1) is 36.1 Å². The Balaban J connectivity index is 1.48. The highest BCUT2D eigenvalue weighted by atomic mass is 32.2. The molecule has 1 amide bonds. The van der Waals surface area contributed by atoms with Gasteiger partial charge in [0.25, 0.3) is 5.69 Å². The number of nitrogens with zero attached hydrogens (tertiary/aromatic N) is 4. The number of non-ortho nitro benzene ring substituents is 1. The van der Waals surface area contributed by atoms with Crippen molar-refractivity contribution in [1.29, 1.82) is 0 Å². The summed E-state index contributed by atoms with van der Waals surface area (Å²) in [5.74, 6) is 0.645. The summed E-state index contributed by atoms with van der Waals surface area (Å²) in [6.45, 7) is 2.48. The third-order valence-corrected chi connectivity index (χ3v) is 6.15. The molecule has 0 radical (unpaired) electrons. The van der Waals surface area contributed by atoms with Crippen LogP contribution in [-0.4, -0.2) is 38.5 Å². The molecule has 2 N–H and O–H groups in total. The Hall–Kier alpha value is -4.38. The summed E-state index contributed by atoms with van der Waals surface area (Å²) >= 11 is 1.24. The van der Waals surface area contributed by atoms with Crippen molar-refractivity contribution in [3.8, 4) is 11.4 Å². The van der Waals surface area contributed by atoms with E-state index >= 15 is 0 Å². The number of carbonyl (C=O) groups is 1. The minimum atomic E-state index is -0.522. The number of methoxy groups -OCH3 is 1. The Morgan fingerprint density at radius 1 is 1.08 bits per heavy atom. The number of anilines is 2. The van der Waals surface area contributed by atoms with E-state index in [9.17, 15) is 14.9 Å². The van der Waals surface area contributed by atoms with Crippen molar-refractivity contribution in [3.63, 3.8) is 0 Å². The molecule has 0 aliphatic rings. The summed E-state index contributed by atoms with van der Waals surface area (Å²) in [5, 5.41) is 26.3. The van der Waals surface area contributed by atoms with E-state index < -0.39 is 4.92 Å². The zero-order chi connectivity index (χ0) is 25.5. The molecule has 0 aliphatic heterocycles. The Labute approximate surface area is 211 Å². The van der Waals surface area contributed by atoms with Crippen LogP contribution in [0.4, 0.5) is 17.1 Å². The third kappa shape index (κ3) is 5.99. The maximum Gasteiger partial charge on any atom is 0.273 e. The number of para-hydroxylation sites is 1. The second kappa shape index (κ2) is 11.4. The summed E-state index contributed by atoms with van der Waals surface area (Å²) in [5.41, 5.74) is 3.25. The van der Waals surface area contributed by atoms with Gasteiger partial charge in [0.15, 0.2) is 11.0 Å². The van der Waals surface area contributed by atoms with Crippen molar-refractivity contribution < 1.29 is 14.5 Å². The minimum Gasteiger partial charge on any atom is -0.494 e. The summed E-state index contributed by atoms with van der Waals surface area (Å²) in [7, 11) is 1.39. The molecule has 3 aromatic carbocycles. The molecule has 0 saturated heterocycles. The number of thioether (sulfide) groups is 1. The van der Waals surface area contributed by atoms with Crippen LogP contribution in [0, 0.1) is 17.0 Å². The summed E-state index contributed by atoms with van der Waals surface area (Å²) in [6, 6.07) is 21.8. The molecule has 0 fully saturated rings. The highest BCUT2D eigenvalue weighted by Gasteiger charge is 2.17. The first-order valence-electron chi connectivity index (χ1n) is 11.0. The van der Waals surface area contributed by atoms with Crippen LogP contribution in [0.3, 0.4) is 0 Å². The van der Waals surface area contributed by atoms with Gasteiger partial charge in [-0.1, -0.05) is 47.7 Å². The fourth-order valence-electron chi connectivity index (χ4n) is 3.41. The van der Waals surface area contributed by atoms with Gasteiger partial charge in [-0.25, -0.2) is 0 Å². The van der Waals surface area contributed by atoms with E-state index in [1.807, 2.05) is 66.1 Å². The predicted molar refractivity (Wildman–Crippen MR) is 139 cm³/mol. The van der Waals surface area contributed by atoms with Crippen molar-refractivity contribution in [2.45, 2.75) is 18.6 Å². The lowest BCUT2D eigenvalue weighted by molar-refractivity contribution is -0.384. The van der Waals surface area contributed by atoms with Crippen LogP contribution in [0.5, 0.6) is 5.75 Å². The van der Waals surface area contributed by atoms with Gasteiger partial charge in [0.2, 0.25) is 5.91 Å². The second-order valence-corrected chi connectivity index (χ2v) is 8.71. The smallest absolute Gasteiger partial charge is 0.273 e. The normalized spacial score (nSPS) is 10.6. The van der Waals surface area contributed by atoms with E-state index in [4.69, 9.17) is 4.74 Å². The molecule has 4 rings (SSSR count). The number of ether oxygens (including phenoxy) is 1. The van der Waals surface area contributed by atoms with Crippen LogP contribution in [0.2, 0.25) is 0 Å². The maximum absolute atomic E-state index is 12.7. The second-order valence-electron chi connectivity index (χ2n) is 7.77. The molecule has 0 saturated carbocycles. The number of rotatable bonds is 10. The molecular weight excluding hydrogens is 480 g/mol. The molecule has 0 unspecified atom stereocenters. The molecule has 10 nitrogen and oxygen atoms in total. The van der Waals surface area contributed by atoms with Gasteiger partial charge in [-0.15, -0.1) is 10.2 Å². The fraction of sp³-hybridized carbons (Fsp3) is 0.160. The van der Waals surface area contributed by atoms with Gasteiger partial charge in [-0.05, 0) is 37.3 Å². The molecule has 11 heteroatoms. The fourth-order valence-corrected chi connectivity index (χ4v) is 4.18. The predicted octanol–water partition coefficient (Wildman–Crippen LogP) is 4.84. The minimum absolute atomic E-state index is 0.0521.